The lowest BCUT2D eigenvalue weighted by molar-refractivity contribution is -0.147. The Morgan fingerprint density at radius 1 is 1.58 bits per heavy atom. The summed E-state index contributed by atoms with van der Waals surface area (Å²) in [6.07, 6.45) is -0.150. The van der Waals surface area contributed by atoms with E-state index >= 15 is 0 Å². The summed E-state index contributed by atoms with van der Waals surface area (Å²) >= 11 is 0. The minimum atomic E-state index is -1.06. The Balaban J connectivity index is 0. The van der Waals surface area contributed by atoms with E-state index in [4.69, 9.17) is 5.11 Å². The van der Waals surface area contributed by atoms with E-state index in [1.807, 2.05) is 0 Å². The summed E-state index contributed by atoms with van der Waals surface area (Å²) in [6.45, 7) is 0. The number of nitrogens with one attached hydrogen (secondary N) is 1. The van der Waals surface area contributed by atoms with Crippen molar-refractivity contribution in [3.05, 3.63) is 0 Å². The maximum Gasteiger partial charge on any atom is 0.321 e. The smallest absolute Gasteiger partial charge is 0.321 e. The lowest BCUT2D eigenvalue weighted by Crippen LogP contribution is -2.36. The number of carbonyl (C=O) groups excluding carboxylic acids is 1. The molecule has 0 heterocycles. The van der Waals surface area contributed by atoms with Gasteiger partial charge in [0.25, 0.3) is 0 Å². The molecule has 0 bridgehead atoms. The number of likely N-dealkylation sites (N-methyl/N-ethyl adjacent to an activating group) is 1. The summed E-state index contributed by atoms with van der Waals surface area (Å²) in [4.78, 5) is 20.9. The molecular weight excluding hydrogens is 186 g/mol. The second-order valence-electron chi connectivity index (χ2n) is 1.96. The van der Waals surface area contributed by atoms with E-state index in [1.165, 1.54) is 14.2 Å². The first-order valence-corrected chi connectivity index (χ1v) is 3.08. The number of hydrogen-bond acceptors (Lipinski definition) is 4. The summed E-state index contributed by atoms with van der Waals surface area (Å²) in [7, 11) is 2.69. The molecular formula is C6H12ClNO4. The van der Waals surface area contributed by atoms with Gasteiger partial charge in [-0.1, -0.05) is 0 Å². The number of aliphatic carboxylic acids is 1. The van der Waals surface area contributed by atoms with Crippen LogP contribution < -0.4 is 5.32 Å². The van der Waals surface area contributed by atoms with Crippen molar-refractivity contribution in [2.75, 3.05) is 14.2 Å². The number of rotatable bonds is 4. The first kappa shape index (κ1) is 13.8. The van der Waals surface area contributed by atoms with Gasteiger partial charge in [0.05, 0.1) is 13.5 Å². The van der Waals surface area contributed by atoms with Gasteiger partial charge in [-0.05, 0) is 7.05 Å². The number of methoxy groups -OCH3 is 1. The number of carboxylic acids is 1. The Labute approximate surface area is 76.5 Å². The predicted molar refractivity (Wildman–Crippen MR) is 44.4 cm³/mol. The molecule has 5 nitrogen and oxygen atoms in total. The van der Waals surface area contributed by atoms with Crippen LogP contribution in [0.3, 0.4) is 0 Å². The number of esters is 1. The van der Waals surface area contributed by atoms with Crippen LogP contribution in [0, 0.1) is 0 Å². The normalized spacial score (nSPS) is 11.2. The Hall–Kier alpha value is -0.810. The molecule has 2 N–H and O–H groups in total. The summed E-state index contributed by atoms with van der Waals surface area (Å²) < 4.78 is 4.29. The number of carbonyl (C=O) groups is 2. The van der Waals surface area contributed by atoms with Gasteiger partial charge in [-0.25, -0.2) is 0 Å². The molecule has 0 aromatic carbocycles. The molecule has 0 saturated carbocycles. The van der Waals surface area contributed by atoms with Crippen LogP contribution in [0.15, 0.2) is 0 Å². The molecule has 0 aliphatic rings. The predicted octanol–water partition coefficient (Wildman–Crippen LogP) is -0.356. The zero-order valence-electron chi connectivity index (χ0n) is 6.86. The van der Waals surface area contributed by atoms with Gasteiger partial charge in [-0.15, -0.1) is 12.4 Å². The van der Waals surface area contributed by atoms with Gasteiger partial charge >= 0.3 is 11.9 Å². The van der Waals surface area contributed by atoms with Crippen molar-refractivity contribution in [3.63, 3.8) is 0 Å². The van der Waals surface area contributed by atoms with E-state index in [-0.39, 0.29) is 18.8 Å². The van der Waals surface area contributed by atoms with Crippen molar-refractivity contribution in [1.82, 2.24) is 5.32 Å². The molecule has 0 spiro atoms. The monoisotopic (exact) mass is 197 g/mol. The van der Waals surface area contributed by atoms with Gasteiger partial charge in [0.2, 0.25) is 0 Å². The van der Waals surface area contributed by atoms with Gasteiger partial charge in [-0.3, -0.25) is 9.59 Å². The summed E-state index contributed by atoms with van der Waals surface area (Å²) in [5, 5.41) is 10.9. The van der Waals surface area contributed by atoms with Crippen LogP contribution in [0.1, 0.15) is 6.42 Å². The van der Waals surface area contributed by atoms with Gasteiger partial charge < -0.3 is 15.2 Å². The third-order valence-electron chi connectivity index (χ3n) is 1.25. The lowest BCUT2D eigenvalue weighted by atomic mass is 10.2. The highest BCUT2D eigenvalue weighted by molar-refractivity contribution is 5.85. The molecule has 6 heteroatoms. The van der Waals surface area contributed by atoms with Crippen LogP contribution in [-0.4, -0.2) is 37.2 Å². The second kappa shape index (κ2) is 6.87. The molecule has 0 aromatic heterocycles. The molecule has 0 rings (SSSR count). The number of ether oxygens (including phenoxy) is 1. The fourth-order valence-electron chi connectivity index (χ4n) is 0.563. The zero-order valence-corrected chi connectivity index (χ0v) is 7.68. The molecule has 12 heavy (non-hydrogen) atoms. The Morgan fingerprint density at radius 2 is 2.08 bits per heavy atom. The Kier molecular flexibility index (Phi) is 7.88. The highest BCUT2D eigenvalue weighted by Crippen LogP contribution is 1.92. The van der Waals surface area contributed by atoms with Crippen molar-refractivity contribution < 1.29 is 19.4 Å². The van der Waals surface area contributed by atoms with Crippen molar-refractivity contribution in [2.45, 2.75) is 12.5 Å². The first-order chi connectivity index (χ1) is 5.11. The number of carboxylic acid groups (broad SMARTS) is 1. The van der Waals surface area contributed by atoms with Crippen molar-refractivity contribution >= 4 is 24.3 Å². The Bertz CT molecular complexity index is 162. The van der Waals surface area contributed by atoms with E-state index in [0.717, 1.165) is 0 Å². The number of hydrogen-bond donors (Lipinski definition) is 2. The molecule has 0 aliphatic heterocycles. The molecule has 0 fully saturated rings. The van der Waals surface area contributed by atoms with Crippen molar-refractivity contribution in [1.29, 1.82) is 0 Å². The van der Waals surface area contributed by atoms with Crippen molar-refractivity contribution in [2.24, 2.45) is 0 Å². The van der Waals surface area contributed by atoms with Crippen LogP contribution in [0.2, 0.25) is 0 Å². The molecule has 0 amide bonds. The molecule has 72 valence electrons. The summed E-state index contributed by atoms with van der Waals surface area (Å²) in [5.41, 5.74) is 0. The highest BCUT2D eigenvalue weighted by atomic mass is 35.5. The van der Waals surface area contributed by atoms with Crippen molar-refractivity contribution in [3.8, 4) is 0 Å². The van der Waals surface area contributed by atoms with Crippen LogP contribution in [0.25, 0.3) is 0 Å². The maximum absolute atomic E-state index is 10.6. The van der Waals surface area contributed by atoms with E-state index in [1.54, 1.807) is 0 Å². The van der Waals surface area contributed by atoms with Crippen LogP contribution in [0.5, 0.6) is 0 Å². The molecule has 0 aliphatic carbocycles. The first-order valence-electron chi connectivity index (χ1n) is 3.08. The lowest BCUT2D eigenvalue weighted by Gasteiger charge is -2.08. The molecule has 1 atom stereocenters. The SMILES string of the molecule is CN[C@H](CC(=O)OC)C(=O)O.Cl. The minimum absolute atomic E-state index is 0. The van der Waals surface area contributed by atoms with Gasteiger partial charge in [0, 0.05) is 0 Å². The Morgan fingerprint density at radius 3 is 2.33 bits per heavy atom. The minimum Gasteiger partial charge on any atom is -0.480 e. The van der Waals surface area contributed by atoms with E-state index < -0.39 is 18.0 Å². The average molecular weight is 198 g/mol. The van der Waals surface area contributed by atoms with Crippen LogP contribution in [-0.2, 0) is 14.3 Å². The second-order valence-corrected chi connectivity index (χ2v) is 1.96. The maximum atomic E-state index is 10.6. The summed E-state index contributed by atoms with van der Waals surface area (Å²) in [6, 6.07) is -0.859. The molecule has 0 saturated heterocycles. The third-order valence-corrected chi connectivity index (χ3v) is 1.25. The largest absolute Gasteiger partial charge is 0.480 e. The number of halogens is 1. The van der Waals surface area contributed by atoms with E-state index in [2.05, 4.69) is 10.1 Å². The van der Waals surface area contributed by atoms with E-state index in [0.29, 0.717) is 0 Å². The average Bonchev–Trinajstić information content (AvgIpc) is 1.99. The quantitative estimate of drug-likeness (QED) is 0.603. The zero-order chi connectivity index (χ0) is 8.85. The van der Waals surface area contributed by atoms with Gasteiger partial charge in [-0.2, -0.15) is 0 Å². The summed E-state index contributed by atoms with van der Waals surface area (Å²) in [5.74, 6) is -1.59. The third kappa shape index (κ3) is 4.92. The highest BCUT2D eigenvalue weighted by Gasteiger charge is 2.18. The van der Waals surface area contributed by atoms with Gasteiger partial charge in [0.15, 0.2) is 0 Å². The van der Waals surface area contributed by atoms with E-state index in [9.17, 15) is 9.59 Å². The fourth-order valence-corrected chi connectivity index (χ4v) is 0.563. The van der Waals surface area contributed by atoms with Gasteiger partial charge in [0.1, 0.15) is 6.04 Å². The van der Waals surface area contributed by atoms with Crippen LogP contribution >= 0.6 is 12.4 Å². The standard InChI is InChI=1S/C6H11NO4.ClH/c1-7-4(6(9)10)3-5(8)11-2;/h4,7H,3H2,1-2H3,(H,9,10);1H/t4-;/m1./s1. The van der Waals surface area contributed by atoms with Crippen LogP contribution in [0.4, 0.5) is 0 Å². The fraction of sp³-hybridized carbons (Fsp3) is 0.667. The molecule has 0 radical (unpaired) electrons. The topological polar surface area (TPSA) is 75.6 Å². The molecule has 0 unspecified atom stereocenters. The molecule has 0 aromatic rings.